The number of fused-ring (bicyclic) bond motifs is 1. The lowest BCUT2D eigenvalue weighted by Crippen LogP contribution is -2.35. The molecule has 0 bridgehead atoms. The van der Waals surface area contributed by atoms with Gasteiger partial charge in [0.25, 0.3) is 5.91 Å². The Kier molecular flexibility index (Phi) is 5.91. The molecular formula is C27H33N5O4S. The highest BCUT2D eigenvalue weighted by Crippen LogP contribution is 2.54. The minimum absolute atomic E-state index is 0.236. The SMILES string of the molecule is Cc1nc2ccc(NC(=O)c3ccc(NS(=O)(=O)CCO)cc3N3CCC4(CC3)CC4)cc2n1C1CC1. The van der Waals surface area contributed by atoms with Gasteiger partial charge in [0.2, 0.25) is 10.0 Å². The maximum absolute atomic E-state index is 13.6. The Balaban J connectivity index is 1.29. The van der Waals surface area contributed by atoms with Crippen LogP contribution in [-0.4, -0.2) is 54.4 Å². The summed E-state index contributed by atoms with van der Waals surface area (Å²) in [4.78, 5) is 20.4. The number of aryl methyl sites for hydroxylation is 1. The molecule has 3 aliphatic rings. The van der Waals surface area contributed by atoms with Crippen molar-refractivity contribution in [3.63, 3.8) is 0 Å². The maximum atomic E-state index is 13.6. The zero-order valence-corrected chi connectivity index (χ0v) is 21.9. The summed E-state index contributed by atoms with van der Waals surface area (Å²) in [6, 6.07) is 11.3. The molecule has 0 unspecified atom stereocenters. The second-order valence-electron chi connectivity index (χ2n) is 10.8. The molecule has 10 heteroatoms. The van der Waals surface area contributed by atoms with E-state index in [4.69, 9.17) is 5.11 Å². The first-order chi connectivity index (χ1) is 17.8. The topological polar surface area (TPSA) is 117 Å². The number of nitrogens with one attached hydrogen (secondary N) is 2. The number of sulfonamides is 1. The summed E-state index contributed by atoms with van der Waals surface area (Å²) in [6.07, 6.45) is 7.00. The van der Waals surface area contributed by atoms with Crippen LogP contribution < -0.4 is 14.9 Å². The number of nitrogens with zero attached hydrogens (tertiary/aromatic N) is 3. The van der Waals surface area contributed by atoms with E-state index in [2.05, 4.69) is 24.5 Å². The van der Waals surface area contributed by atoms with Crippen molar-refractivity contribution in [3.05, 3.63) is 47.8 Å². The summed E-state index contributed by atoms with van der Waals surface area (Å²) in [7, 11) is -3.67. The highest BCUT2D eigenvalue weighted by atomic mass is 32.2. The van der Waals surface area contributed by atoms with Crippen molar-refractivity contribution in [1.29, 1.82) is 0 Å². The van der Waals surface area contributed by atoms with Crippen molar-refractivity contribution in [1.82, 2.24) is 9.55 Å². The van der Waals surface area contributed by atoms with Crippen molar-refractivity contribution in [3.8, 4) is 0 Å². The summed E-state index contributed by atoms with van der Waals surface area (Å²) in [5.41, 5.74) is 4.73. The van der Waals surface area contributed by atoms with Gasteiger partial charge in [0.1, 0.15) is 5.82 Å². The molecule has 1 aliphatic heterocycles. The number of anilines is 3. The van der Waals surface area contributed by atoms with Crippen molar-refractivity contribution < 1.29 is 18.3 Å². The van der Waals surface area contributed by atoms with E-state index < -0.39 is 16.6 Å². The minimum Gasteiger partial charge on any atom is -0.395 e. The average Bonchev–Trinajstić information content (AvgIpc) is 3.79. The lowest BCUT2D eigenvalue weighted by atomic mass is 9.93. The molecular weight excluding hydrogens is 490 g/mol. The van der Waals surface area contributed by atoms with Gasteiger partial charge < -0.3 is 19.9 Å². The third-order valence-electron chi connectivity index (χ3n) is 8.03. The standard InChI is InChI=1S/C27H33N5O4S/c1-18-28-23-7-3-19(16-25(23)32(18)21-4-5-21)29-26(34)22-6-2-20(30-37(35,36)15-14-33)17-24(22)31-12-10-27(8-9-27)11-13-31/h2-3,6-7,16-17,21,30,33H,4-5,8-15H2,1H3,(H,29,34). The largest absolute Gasteiger partial charge is 0.395 e. The number of piperidine rings is 1. The van der Waals surface area contributed by atoms with E-state index in [9.17, 15) is 13.2 Å². The zero-order chi connectivity index (χ0) is 25.8. The number of benzene rings is 2. The fourth-order valence-electron chi connectivity index (χ4n) is 5.58. The fourth-order valence-corrected chi connectivity index (χ4v) is 6.41. The summed E-state index contributed by atoms with van der Waals surface area (Å²) in [6.45, 7) is 3.22. The molecule has 9 nitrogen and oxygen atoms in total. The number of rotatable bonds is 8. The highest BCUT2D eigenvalue weighted by molar-refractivity contribution is 7.92. The molecule has 3 fully saturated rings. The molecule has 2 heterocycles. The van der Waals surface area contributed by atoms with E-state index in [0.29, 0.717) is 28.4 Å². The number of carbonyl (C=O) groups excluding carboxylic acids is 1. The van der Waals surface area contributed by atoms with E-state index in [-0.39, 0.29) is 11.7 Å². The molecule has 1 amide bonds. The summed E-state index contributed by atoms with van der Waals surface area (Å²) >= 11 is 0. The van der Waals surface area contributed by atoms with Gasteiger partial charge >= 0.3 is 0 Å². The van der Waals surface area contributed by atoms with E-state index in [0.717, 1.165) is 61.3 Å². The van der Waals surface area contributed by atoms with Gasteiger partial charge in [-0.05, 0) is 87.3 Å². The van der Waals surface area contributed by atoms with Crippen LogP contribution in [0.25, 0.3) is 11.0 Å². The molecule has 196 valence electrons. The van der Waals surface area contributed by atoms with Gasteiger partial charge in [-0.1, -0.05) is 0 Å². The molecule has 0 radical (unpaired) electrons. The van der Waals surface area contributed by atoms with E-state index in [1.807, 2.05) is 25.1 Å². The molecule has 37 heavy (non-hydrogen) atoms. The van der Waals surface area contributed by atoms with Crippen LogP contribution in [0.1, 0.15) is 60.7 Å². The van der Waals surface area contributed by atoms with Crippen molar-refractivity contribution in [2.75, 3.05) is 40.4 Å². The van der Waals surface area contributed by atoms with Crippen LogP contribution in [0.2, 0.25) is 0 Å². The van der Waals surface area contributed by atoms with Crippen LogP contribution in [0, 0.1) is 12.3 Å². The zero-order valence-electron chi connectivity index (χ0n) is 21.0. The molecule has 6 rings (SSSR count). The summed E-state index contributed by atoms with van der Waals surface area (Å²) < 4.78 is 29.3. The van der Waals surface area contributed by atoms with Crippen LogP contribution in [0.15, 0.2) is 36.4 Å². The van der Waals surface area contributed by atoms with Gasteiger partial charge in [-0.3, -0.25) is 9.52 Å². The number of amides is 1. The van der Waals surface area contributed by atoms with Crippen LogP contribution in [0.3, 0.4) is 0 Å². The summed E-state index contributed by atoms with van der Waals surface area (Å²) in [5, 5.41) is 12.1. The third-order valence-corrected chi connectivity index (χ3v) is 9.30. The smallest absolute Gasteiger partial charge is 0.257 e. The predicted octanol–water partition coefficient (Wildman–Crippen LogP) is 4.05. The molecule has 2 aromatic carbocycles. The van der Waals surface area contributed by atoms with Crippen molar-refractivity contribution in [2.45, 2.75) is 51.5 Å². The number of imidazole rings is 1. The first-order valence-electron chi connectivity index (χ1n) is 13.1. The molecule has 1 aromatic heterocycles. The Labute approximate surface area is 216 Å². The van der Waals surface area contributed by atoms with Gasteiger partial charge in [0.05, 0.1) is 40.3 Å². The molecule has 2 aliphatic carbocycles. The van der Waals surface area contributed by atoms with Crippen LogP contribution in [-0.2, 0) is 10.0 Å². The Morgan fingerprint density at radius 3 is 2.49 bits per heavy atom. The highest BCUT2D eigenvalue weighted by Gasteiger charge is 2.44. The average molecular weight is 524 g/mol. The Bertz CT molecular complexity index is 1460. The fraction of sp³-hybridized carbons (Fsp3) is 0.481. The van der Waals surface area contributed by atoms with Gasteiger partial charge in [-0.15, -0.1) is 0 Å². The lowest BCUT2D eigenvalue weighted by Gasteiger charge is -2.35. The Morgan fingerprint density at radius 1 is 1.08 bits per heavy atom. The quantitative estimate of drug-likeness (QED) is 0.410. The van der Waals surface area contributed by atoms with Gasteiger partial charge in [-0.25, -0.2) is 13.4 Å². The van der Waals surface area contributed by atoms with Gasteiger partial charge in [0.15, 0.2) is 0 Å². The Morgan fingerprint density at radius 2 is 1.81 bits per heavy atom. The second-order valence-corrected chi connectivity index (χ2v) is 12.6. The van der Waals surface area contributed by atoms with E-state index in [1.165, 1.54) is 12.8 Å². The number of hydrogen-bond donors (Lipinski definition) is 3. The number of aromatic nitrogens is 2. The minimum atomic E-state index is -3.67. The van der Waals surface area contributed by atoms with Gasteiger partial charge in [-0.2, -0.15) is 0 Å². The van der Waals surface area contributed by atoms with Crippen molar-refractivity contribution >= 4 is 44.0 Å². The number of carbonyl (C=O) groups is 1. The first-order valence-corrected chi connectivity index (χ1v) is 14.7. The number of aliphatic hydroxyl groups is 1. The Hall–Kier alpha value is -3.11. The van der Waals surface area contributed by atoms with Crippen molar-refractivity contribution in [2.24, 2.45) is 5.41 Å². The number of hydrogen-bond acceptors (Lipinski definition) is 6. The normalized spacial score (nSPS) is 18.8. The first kappa shape index (κ1) is 24.2. The van der Waals surface area contributed by atoms with Crippen LogP contribution in [0.4, 0.5) is 17.1 Å². The molecule has 2 saturated carbocycles. The molecule has 1 spiro atoms. The molecule has 1 saturated heterocycles. The molecule has 0 atom stereocenters. The second kappa shape index (κ2) is 9.02. The lowest BCUT2D eigenvalue weighted by molar-refractivity contribution is 0.102. The maximum Gasteiger partial charge on any atom is 0.257 e. The monoisotopic (exact) mass is 523 g/mol. The van der Waals surface area contributed by atoms with Crippen LogP contribution >= 0.6 is 0 Å². The van der Waals surface area contributed by atoms with Gasteiger partial charge in [0, 0.05) is 24.8 Å². The predicted molar refractivity (Wildman–Crippen MR) is 145 cm³/mol. The van der Waals surface area contributed by atoms with Crippen LogP contribution in [0.5, 0.6) is 0 Å². The third kappa shape index (κ3) is 4.92. The number of aliphatic hydroxyl groups excluding tert-OH is 1. The molecule has 3 N–H and O–H groups in total. The summed E-state index contributed by atoms with van der Waals surface area (Å²) in [5.74, 6) is 0.372. The van der Waals surface area contributed by atoms with E-state index >= 15 is 0 Å². The molecule has 3 aromatic rings. The van der Waals surface area contributed by atoms with E-state index in [1.54, 1.807) is 18.2 Å².